The van der Waals surface area contributed by atoms with Gasteiger partial charge in [0.05, 0.1) is 0 Å². The Bertz CT molecular complexity index is 286. The van der Waals surface area contributed by atoms with Gasteiger partial charge in [0, 0.05) is 19.2 Å². The molecule has 10 heavy (non-hydrogen) atoms. The molecule has 0 radical (unpaired) electrons. The minimum absolute atomic E-state index is 0.518. The van der Waals surface area contributed by atoms with Crippen molar-refractivity contribution in [1.29, 1.82) is 5.16 Å². The molecule has 2 heteroatoms. The van der Waals surface area contributed by atoms with Crippen LogP contribution in [-0.2, 0) is 0 Å². The smallest absolute Gasteiger partial charge is 0.0353 e. The van der Waals surface area contributed by atoms with Gasteiger partial charge in [0.2, 0.25) is 0 Å². The Morgan fingerprint density at radius 3 is 2.90 bits per heavy atom. The van der Waals surface area contributed by atoms with Crippen molar-refractivity contribution in [2.75, 3.05) is 0 Å². The first-order chi connectivity index (χ1) is 4.86. The third-order valence-corrected chi connectivity index (χ3v) is 1.68. The van der Waals surface area contributed by atoms with E-state index in [1.807, 2.05) is 24.3 Å². The molecule has 0 atom stereocenters. The molecule has 0 aliphatic heterocycles. The first-order valence-electron chi connectivity index (χ1n) is 2.81. The lowest BCUT2D eigenvalue weighted by Crippen LogP contribution is -1.89. The number of terminal acetylenes is 1. The molecule has 1 N–H and O–H groups in total. The van der Waals surface area contributed by atoms with Gasteiger partial charge in [-0.2, -0.15) is 0 Å². The predicted octanol–water partition coefficient (Wildman–Crippen LogP) is 2.00. The average molecular weight is 147 g/mol. The lowest BCUT2D eigenvalue weighted by molar-refractivity contribution is 1.63. The Labute approximate surface area is 61.8 Å². The van der Waals surface area contributed by atoms with E-state index < -0.39 is 0 Å². The lowest BCUT2D eigenvalue weighted by Gasteiger charge is -1.90. The SMILES string of the molecule is C#Cc1cccc(P=N)c1. The Kier molecular flexibility index (Phi) is 2.20. The van der Waals surface area contributed by atoms with Gasteiger partial charge in [-0.3, -0.25) is 5.16 Å². The maximum atomic E-state index is 7.02. The quantitative estimate of drug-likeness (QED) is 0.464. The number of rotatable bonds is 1. The van der Waals surface area contributed by atoms with Crippen LogP contribution in [0.4, 0.5) is 0 Å². The molecule has 1 aromatic rings. The second kappa shape index (κ2) is 3.15. The Morgan fingerprint density at radius 1 is 1.50 bits per heavy atom. The van der Waals surface area contributed by atoms with Gasteiger partial charge in [-0.25, -0.2) is 0 Å². The molecule has 1 rings (SSSR count). The zero-order valence-corrected chi connectivity index (χ0v) is 6.23. The molecule has 0 bridgehead atoms. The van der Waals surface area contributed by atoms with Gasteiger partial charge in [0.15, 0.2) is 0 Å². The molecular formula is C8H6NP. The lowest BCUT2D eigenvalue weighted by atomic mass is 10.2. The summed E-state index contributed by atoms with van der Waals surface area (Å²) in [6.45, 7) is 0. The zero-order valence-electron chi connectivity index (χ0n) is 5.33. The number of benzene rings is 1. The number of hydrogen-bond acceptors (Lipinski definition) is 1. The fourth-order valence-electron chi connectivity index (χ4n) is 0.665. The van der Waals surface area contributed by atoms with E-state index in [9.17, 15) is 0 Å². The Morgan fingerprint density at radius 2 is 2.30 bits per heavy atom. The third-order valence-electron chi connectivity index (χ3n) is 1.14. The van der Waals surface area contributed by atoms with Crippen LogP contribution in [0.2, 0.25) is 0 Å². The minimum atomic E-state index is 0.518. The van der Waals surface area contributed by atoms with E-state index in [1.54, 1.807) is 0 Å². The highest BCUT2D eigenvalue weighted by atomic mass is 31.1. The van der Waals surface area contributed by atoms with Crippen molar-refractivity contribution >= 4 is 13.7 Å². The average Bonchev–Trinajstić information content (AvgIpc) is 2.05. The first kappa shape index (κ1) is 6.99. The van der Waals surface area contributed by atoms with Crippen LogP contribution in [0.1, 0.15) is 5.56 Å². The van der Waals surface area contributed by atoms with Gasteiger partial charge in [-0.05, 0) is 18.2 Å². The molecular weight excluding hydrogens is 141 g/mol. The van der Waals surface area contributed by atoms with Gasteiger partial charge >= 0.3 is 0 Å². The van der Waals surface area contributed by atoms with Gasteiger partial charge in [-0.1, -0.05) is 12.0 Å². The van der Waals surface area contributed by atoms with Crippen molar-refractivity contribution in [3.05, 3.63) is 29.8 Å². The normalized spacial score (nSPS) is 9.10. The summed E-state index contributed by atoms with van der Waals surface area (Å²) in [7, 11) is 0.518. The topological polar surface area (TPSA) is 23.9 Å². The van der Waals surface area contributed by atoms with Gasteiger partial charge in [0.25, 0.3) is 0 Å². The molecule has 0 fully saturated rings. The van der Waals surface area contributed by atoms with E-state index in [2.05, 4.69) is 5.92 Å². The summed E-state index contributed by atoms with van der Waals surface area (Å²) in [4.78, 5) is 0. The largest absolute Gasteiger partial charge is 0.279 e. The molecule has 0 saturated heterocycles. The van der Waals surface area contributed by atoms with Crippen LogP contribution in [0.5, 0.6) is 0 Å². The highest BCUT2D eigenvalue weighted by Gasteiger charge is 1.87. The number of nitrogens with one attached hydrogen (secondary N) is 1. The monoisotopic (exact) mass is 147 g/mol. The minimum Gasteiger partial charge on any atom is -0.279 e. The number of hydrogen-bond donors (Lipinski definition) is 1. The Hall–Kier alpha value is -1.12. The van der Waals surface area contributed by atoms with E-state index in [0.717, 1.165) is 10.9 Å². The van der Waals surface area contributed by atoms with E-state index in [-0.39, 0.29) is 0 Å². The summed E-state index contributed by atoms with van der Waals surface area (Å²) in [5, 5.41) is 7.96. The van der Waals surface area contributed by atoms with E-state index >= 15 is 0 Å². The fraction of sp³-hybridized carbons (Fsp3) is 0. The van der Waals surface area contributed by atoms with Crippen LogP contribution in [0.3, 0.4) is 0 Å². The van der Waals surface area contributed by atoms with Crippen LogP contribution in [0.15, 0.2) is 24.3 Å². The van der Waals surface area contributed by atoms with Crippen molar-refractivity contribution in [3.63, 3.8) is 0 Å². The van der Waals surface area contributed by atoms with Crippen molar-refractivity contribution < 1.29 is 0 Å². The van der Waals surface area contributed by atoms with Crippen molar-refractivity contribution in [1.82, 2.24) is 0 Å². The van der Waals surface area contributed by atoms with Gasteiger partial charge < -0.3 is 0 Å². The zero-order chi connectivity index (χ0) is 7.40. The molecule has 0 unspecified atom stereocenters. The fourth-order valence-corrected chi connectivity index (χ4v) is 1.03. The standard InChI is InChI=1S/C8H6NP/c1-2-7-4-3-5-8(6-7)10-9/h1,3-6,9H. The van der Waals surface area contributed by atoms with Crippen molar-refractivity contribution in [2.45, 2.75) is 0 Å². The van der Waals surface area contributed by atoms with Crippen LogP contribution < -0.4 is 5.30 Å². The van der Waals surface area contributed by atoms with E-state index in [4.69, 9.17) is 11.6 Å². The van der Waals surface area contributed by atoms with Crippen molar-refractivity contribution in [3.8, 4) is 12.3 Å². The molecule has 1 nitrogen and oxygen atoms in total. The van der Waals surface area contributed by atoms with Gasteiger partial charge in [0.1, 0.15) is 0 Å². The Balaban J connectivity index is 3.13. The molecule has 0 heterocycles. The molecule has 1 aromatic carbocycles. The molecule has 48 valence electrons. The molecule has 0 aromatic heterocycles. The molecule has 0 spiro atoms. The first-order valence-corrected chi connectivity index (χ1v) is 3.70. The summed E-state index contributed by atoms with van der Waals surface area (Å²) in [5.74, 6) is 2.51. The van der Waals surface area contributed by atoms with Crippen molar-refractivity contribution in [2.24, 2.45) is 0 Å². The summed E-state index contributed by atoms with van der Waals surface area (Å²) >= 11 is 0. The van der Waals surface area contributed by atoms with E-state index in [1.165, 1.54) is 0 Å². The summed E-state index contributed by atoms with van der Waals surface area (Å²) in [6.07, 6.45) is 5.16. The summed E-state index contributed by atoms with van der Waals surface area (Å²) in [6, 6.07) is 7.45. The molecule has 0 saturated carbocycles. The van der Waals surface area contributed by atoms with E-state index in [0.29, 0.717) is 8.37 Å². The molecule has 0 amide bonds. The second-order valence-electron chi connectivity index (χ2n) is 1.81. The van der Waals surface area contributed by atoms with Gasteiger partial charge in [-0.15, -0.1) is 6.42 Å². The third kappa shape index (κ3) is 1.43. The maximum absolute atomic E-state index is 7.02. The highest BCUT2D eigenvalue weighted by molar-refractivity contribution is 7.35. The highest BCUT2D eigenvalue weighted by Crippen LogP contribution is 1.99. The van der Waals surface area contributed by atoms with Crippen LogP contribution in [0.25, 0.3) is 0 Å². The van der Waals surface area contributed by atoms with Crippen LogP contribution in [0, 0.1) is 17.5 Å². The second-order valence-corrected chi connectivity index (χ2v) is 2.55. The summed E-state index contributed by atoms with van der Waals surface area (Å²) in [5.41, 5.74) is 0.845. The summed E-state index contributed by atoms with van der Waals surface area (Å²) < 4.78 is 0. The van der Waals surface area contributed by atoms with Crippen LogP contribution >= 0.6 is 8.37 Å². The molecule has 0 aliphatic rings. The predicted molar refractivity (Wildman–Crippen MR) is 43.7 cm³/mol. The molecule has 0 aliphatic carbocycles. The van der Waals surface area contributed by atoms with Crippen LogP contribution in [-0.4, -0.2) is 0 Å². The maximum Gasteiger partial charge on any atom is 0.0353 e.